The van der Waals surface area contributed by atoms with Crippen LogP contribution in [0.5, 0.6) is 0 Å². The zero-order valence-electron chi connectivity index (χ0n) is 6.17. The number of hydrogen-bond acceptors (Lipinski definition) is 5. The van der Waals surface area contributed by atoms with Crippen molar-refractivity contribution in [1.82, 2.24) is 0 Å². The molecule has 0 radical (unpaired) electrons. The molecule has 1 unspecified atom stereocenters. The number of hydrogen-bond donors (Lipinski definition) is 4. The molecule has 0 saturated carbocycles. The summed E-state index contributed by atoms with van der Waals surface area (Å²) in [6.07, 6.45) is -5.95. The van der Waals surface area contributed by atoms with Crippen molar-refractivity contribution in [3.05, 3.63) is 0 Å². The van der Waals surface area contributed by atoms with E-state index in [2.05, 4.69) is 0 Å². The minimum Gasteiger partial charge on any atom is -0.388 e. The monoisotopic (exact) mass is 290 g/mol. The lowest BCUT2D eigenvalue weighted by molar-refractivity contribution is -0.275. The molecule has 0 spiro atoms. The van der Waals surface area contributed by atoms with Crippen molar-refractivity contribution in [3.63, 3.8) is 0 Å². The van der Waals surface area contributed by atoms with Gasteiger partial charge in [0.15, 0.2) is 6.29 Å². The van der Waals surface area contributed by atoms with Crippen molar-refractivity contribution in [2.45, 2.75) is 30.7 Å². The third-order valence-electron chi connectivity index (χ3n) is 1.84. The molecule has 5 nitrogen and oxygen atoms in total. The van der Waals surface area contributed by atoms with E-state index in [-0.39, 0.29) is 0 Å². The van der Waals surface area contributed by atoms with E-state index in [1.165, 1.54) is 0 Å². The predicted molar refractivity (Wildman–Crippen MR) is 47.8 cm³/mol. The Labute approximate surface area is 83.1 Å². The summed E-state index contributed by atoms with van der Waals surface area (Å²) in [5.41, 5.74) is 0. The van der Waals surface area contributed by atoms with Gasteiger partial charge in [0.2, 0.25) is 0 Å². The second kappa shape index (κ2) is 4.16. The molecule has 0 aromatic carbocycles. The Balaban J connectivity index is 2.63. The highest BCUT2D eigenvalue weighted by Gasteiger charge is 2.42. The van der Waals surface area contributed by atoms with Crippen LogP contribution in [0.3, 0.4) is 0 Å². The fourth-order valence-electron chi connectivity index (χ4n) is 1.06. The van der Waals surface area contributed by atoms with Crippen LogP contribution < -0.4 is 0 Å². The summed E-state index contributed by atoms with van der Waals surface area (Å²) in [7, 11) is 0. The third-order valence-corrected chi connectivity index (χ3v) is 2.71. The first-order valence-corrected chi connectivity index (χ1v) is 5.04. The lowest BCUT2D eigenvalue weighted by Crippen LogP contribution is -2.57. The number of ether oxygens (including phenoxy) is 1. The smallest absolute Gasteiger partial charge is 0.183 e. The van der Waals surface area contributed by atoms with Gasteiger partial charge in [0.1, 0.15) is 18.3 Å². The van der Waals surface area contributed by atoms with Crippen molar-refractivity contribution >= 4 is 22.6 Å². The normalized spacial score (nSPS) is 49.2. The molecule has 1 aliphatic heterocycles. The van der Waals surface area contributed by atoms with Gasteiger partial charge in [-0.1, -0.05) is 22.6 Å². The van der Waals surface area contributed by atoms with Gasteiger partial charge < -0.3 is 25.2 Å². The predicted octanol–water partition coefficient (Wildman–Crippen LogP) is -1.78. The fraction of sp³-hybridized carbons (Fsp3) is 1.00. The van der Waals surface area contributed by atoms with E-state index >= 15 is 0 Å². The van der Waals surface area contributed by atoms with Crippen LogP contribution in [-0.2, 0) is 4.74 Å². The number of aliphatic hydroxyl groups is 4. The van der Waals surface area contributed by atoms with Crippen LogP contribution >= 0.6 is 22.6 Å². The molecular formula is C6H11IO5. The molecule has 1 heterocycles. The van der Waals surface area contributed by atoms with Crippen LogP contribution in [-0.4, -0.2) is 55.6 Å². The van der Waals surface area contributed by atoms with Gasteiger partial charge in [0.05, 0.1) is 6.10 Å². The molecule has 0 aromatic heterocycles. The van der Waals surface area contributed by atoms with Crippen LogP contribution in [0.2, 0.25) is 0 Å². The summed E-state index contributed by atoms with van der Waals surface area (Å²) in [6.45, 7) is 0. The molecule has 1 rings (SSSR count). The van der Waals surface area contributed by atoms with Gasteiger partial charge in [-0.2, -0.15) is 0 Å². The molecule has 72 valence electrons. The largest absolute Gasteiger partial charge is 0.388 e. The number of rotatable bonds is 1. The molecule has 0 aliphatic carbocycles. The molecule has 1 saturated heterocycles. The number of aliphatic hydroxyl groups excluding tert-OH is 4. The van der Waals surface area contributed by atoms with E-state index in [0.29, 0.717) is 4.43 Å². The topological polar surface area (TPSA) is 90.2 Å². The van der Waals surface area contributed by atoms with Gasteiger partial charge in [-0.25, -0.2) is 0 Å². The molecule has 12 heavy (non-hydrogen) atoms. The van der Waals surface area contributed by atoms with E-state index in [1.807, 2.05) is 22.6 Å². The zero-order chi connectivity index (χ0) is 9.30. The summed E-state index contributed by atoms with van der Waals surface area (Å²) in [4.78, 5) is 0. The SMILES string of the molecule is OC1O[C@@H](CI)[C@H](O)[C@H](O)[C@@H]1O. The lowest BCUT2D eigenvalue weighted by Gasteiger charge is -2.37. The van der Waals surface area contributed by atoms with Crippen molar-refractivity contribution in [2.75, 3.05) is 4.43 Å². The van der Waals surface area contributed by atoms with Gasteiger partial charge in [-0.15, -0.1) is 0 Å². The summed E-state index contributed by atoms with van der Waals surface area (Å²) < 4.78 is 5.26. The van der Waals surface area contributed by atoms with E-state index in [4.69, 9.17) is 14.9 Å². The standard InChI is InChI=1S/C6H11IO5/c7-1-2-3(8)4(9)5(10)6(11)12-2/h2-6,8-11H,1H2/t2-,3-,4-,5-,6?/m0/s1. The molecule has 0 bridgehead atoms. The second-order valence-electron chi connectivity index (χ2n) is 2.69. The molecule has 1 fully saturated rings. The maximum Gasteiger partial charge on any atom is 0.183 e. The van der Waals surface area contributed by atoms with Crippen LogP contribution in [0.15, 0.2) is 0 Å². The molecule has 6 heteroatoms. The van der Waals surface area contributed by atoms with Crippen molar-refractivity contribution in [2.24, 2.45) is 0 Å². The Bertz CT molecular complexity index is 150. The highest BCUT2D eigenvalue weighted by molar-refractivity contribution is 14.1. The Kier molecular flexibility index (Phi) is 3.68. The first kappa shape index (κ1) is 10.6. The minimum atomic E-state index is -1.43. The average molecular weight is 290 g/mol. The first-order chi connectivity index (χ1) is 5.57. The van der Waals surface area contributed by atoms with E-state index < -0.39 is 30.7 Å². The Morgan fingerprint density at radius 3 is 2.08 bits per heavy atom. The van der Waals surface area contributed by atoms with E-state index in [1.54, 1.807) is 0 Å². The molecule has 0 aromatic rings. The Morgan fingerprint density at radius 1 is 1.00 bits per heavy atom. The van der Waals surface area contributed by atoms with E-state index in [9.17, 15) is 10.2 Å². The molecule has 5 atom stereocenters. The summed E-state index contributed by atoms with van der Waals surface area (Å²) >= 11 is 1.96. The maximum absolute atomic E-state index is 9.27. The molecule has 0 amide bonds. The second-order valence-corrected chi connectivity index (χ2v) is 3.57. The number of halogens is 1. The van der Waals surface area contributed by atoms with Crippen molar-refractivity contribution in [1.29, 1.82) is 0 Å². The zero-order valence-corrected chi connectivity index (χ0v) is 8.33. The third kappa shape index (κ3) is 1.88. The fourth-order valence-corrected chi connectivity index (χ4v) is 1.79. The lowest BCUT2D eigenvalue weighted by atomic mass is 10.0. The quantitative estimate of drug-likeness (QED) is 0.339. The van der Waals surface area contributed by atoms with Gasteiger partial charge in [-0.3, -0.25) is 0 Å². The van der Waals surface area contributed by atoms with Crippen LogP contribution in [0.25, 0.3) is 0 Å². The van der Waals surface area contributed by atoms with Gasteiger partial charge in [0, 0.05) is 4.43 Å². The van der Waals surface area contributed by atoms with Crippen molar-refractivity contribution in [3.8, 4) is 0 Å². The summed E-state index contributed by atoms with van der Waals surface area (Å²) in [6, 6.07) is 0. The van der Waals surface area contributed by atoms with Crippen molar-refractivity contribution < 1.29 is 25.2 Å². The van der Waals surface area contributed by atoms with Crippen LogP contribution in [0, 0.1) is 0 Å². The first-order valence-electron chi connectivity index (χ1n) is 3.51. The van der Waals surface area contributed by atoms with E-state index in [0.717, 1.165) is 0 Å². The summed E-state index contributed by atoms with van der Waals surface area (Å²) in [5.74, 6) is 0. The Hall–Kier alpha value is 0.530. The maximum atomic E-state index is 9.27. The highest BCUT2D eigenvalue weighted by Crippen LogP contribution is 2.20. The molecule has 1 aliphatic rings. The molecule has 4 N–H and O–H groups in total. The summed E-state index contributed by atoms with van der Waals surface area (Å²) in [5, 5.41) is 36.5. The average Bonchev–Trinajstić information content (AvgIpc) is 2.08. The molecular weight excluding hydrogens is 279 g/mol. The van der Waals surface area contributed by atoms with Gasteiger partial charge in [0.25, 0.3) is 0 Å². The van der Waals surface area contributed by atoms with Crippen LogP contribution in [0.4, 0.5) is 0 Å². The van der Waals surface area contributed by atoms with Crippen LogP contribution in [0.1, 0.15) is 0 Å². The number of alkyl halides is 1. The Morgan fingerprint density at radius 2 is 1.58 bits per heavy atom. The minimum absolute atomic E-state index is 0.444. The van der Waals surface area contributed by atoms with Gasteiger partial charge in [-0.05, 0) is 0 Å². The highest BCUT2D eigenvalue weighted by atomic mass is 127. The van der Waals surface area contributed by atoms with Gasteiger partial charge >= 0.3 is 0 Å².